The lowest BCUT2D eigenvalue weighted by Gasteiger charge is -2.72. The van der Waals surface area contributed by atoms with Crippen LogP contribution in [0.25, 0.3) is 0 Å². The molecule has 0 aromatic carbocycles. The molecule has 0 radical (unpaired) electrons. The van der Waals surface area contributed by atoms with E-state index in [0.29, 0.717) is 35.0 Å². The van der Waals surface area contributed by atoms with Gasteiger partial charge in [0.05, 0.1) is 18.6 Å². The number of rotatable bonds is 2. The molecule has 1 N–H and O–H groups in total. The highest BCUT2D eigenvalue weighted by Crippen LogP contribution is 2.77. The van der Waals surface area contributed by atoms with E-state index in [1.165, 1.54) is 31.3 Å². The SMILES string of the molecule is C=C(C)[C@@H]1CC[C@@]2(C(=O)OC)CC[C@@]3(C)[C@@H](CC[C@H]4[C@]5(C)CC[C@H](O)C(C)(C)[C@@H]5CC[C@@]43C)[C@H]12. The fraction of sp³-hybridized carbons (Fsp3) is 0.903. The highest BCUT2D eigenvalue weighted by molar-refractivity contribution is 5.78. The Labute approximate surface area is 208 Å². The Balaban J connectivity index is 1.56. The average molecular weight is 471 g/mol. The maximum atomic E-state index is 13.3. The van der Waals surface area contributed by atoms with E-state index < -0.39 is 0 Å². The maximum absolute atomic E-state index is 13.3. The van der Waals surface area contributed by atoms with Crippen LogP contribution in [0.5, 0.6) is 0 Å². The molecular formula is C31H50O3. The van der Waals surface area contributed by atoms with Crippen molar-refractivity contribution < 1.29 is 14.6 Å². The predicted octanol–water partition coefficient (Wildman–Crippen LogP) is 7.18. The van der Waals surface area contributed by atoms with Crippen LogP contribution in [-0.4, -0.2) is 24.3 Å². The summed E-state index contributed by atoms with van der Waals surface area (Å²) in [5.74, 6) is 2.72. The second-order valence-electron chi connectivity index (χ2n) is 14.7. The molecule has 0 aromatic heterocycles. The molecule has 5 fully saturated rings. The Kier molecular flexibility index (Phi) is 5.55. The van der Waals surface area contributed by atoms with Gasteiger partial charge in [0.15, 0.2) is 0 Å². The van der Waals surface area contributed by atoms with Crippen molar-refractivity contribution in [1.29, 1.82) is 0 Å². The zero-order valence-electron chi connectivity index (χ0n) is 23.0. The molecule has 34 heavy (non-hydrogen) atoms. The molecule has 0 bridgehead atoms. The number of hydrogen-bond donors (Lipinski definition) is 1. The summed E-state index contributed by atoms with van der Waals surface area (Å²) in [6.07, 6.45) is 11.1. The normalized spacial score (nSPS) is 53.6. The Morgan fingerprint density at radius 2 is 1.56 bits per heavy atom. The molecule has 10 atom stereocenters. The number of carbonyl (C=O) groups excluding carboxylic acids is 1. The van der Waals surface area contributed by atoms with Crippen molar-refractivity contribution in [3.8, 4) is 0 Å². The number of allylic oxidation sites excluding steroid dienone is 1. The molecular weight excluding hydrogens is 420 g/mol. The Bertz CT molecular complexity index is 876. The first-order valence-corrected chi connectivity index (χ1v) is 14.2. The van der Waals surface area contributed by atoms with Gasteiger partial charge in [-0.1, -0.05) is 46.8 Å². The van der Waals surface area contributed by atoms with E-state index in [0.717, 1.165) is 38.5 Å². The first kappa shape index (κ1) is 24.8. The zero-order chi connectivity index (χ0) is 24.9. The lowest BCUT2D eigenvalue weighted by atomic mass is 9.32. The highest BCUT2D eigenvalue weighted by atomic mass is 16.5. The van der Waals surface area contributed by atoms with Crippen LogP contribution in [-0.2, 0) is 9.53 Å². The third-order valence-electron chi connectivity index (χ3n) is 13.6. The standard InChI is InChI=1S/C31H50O3/c1-19(2)20-11-16-31(26(33)34-8)18-17-29(6)21(25(20)31)9-10-23-28(5)14-13-24(32)27(3,4)22(28)12-15-30(23,29)7/h20-25,32H,1,9-18H2,2-8H3/t20-,21-,22-,23-,24-,25-,28+,29-,30-,31+/m0/s1. The largest absolute Gasteiger partial charge is 0.469 e. The molecule has 0 saturated heterocycles. The van der Waals surface area contributed by atoms with Crippen molar-refractivity contribution in [2.24, 2.45) is 56.7 Å². The quantitative estimate of drug-likeness (QED) is 0.343. The number of ether oxygens (including phenoxy) is 1. The van der Waals surface area contributed by atoms with Crippen LogP contribution in [0.1, 0.15) is 106 Å². The van der Waals surface area contributed by atoms with Crippen molar-refractivity contribution in [3.63, 3.8) is 0 Å². The second kappa shape index (κ2) is 7.59. The van der Waals surface area contributed by atoms with Crippen LogP contribution in [0.2, 0.25) is 0 Å². The van der Waals surface area contributed by atoms with Crippen molar-refractivity contribution in [2.75, 3.05) is 7.11 Å². The molecule has 0 aromatic rings. The van der Waals surface area contributed by atoms with E-state index in [4.69, 9.17) is 4.74 Å². The van der Waals surface area contributed by atoms with Gasteiger partial charge in [0, 0.05) is 0 Å². The van der Waals surface area contributed by atoms with Crippen LogP contribution in [0.15, 0.2) is 12.2 Å². The third kappa shape index (κ3) is 2.83. The predicted molar refractivity (Wildman–Crippen MR) is 137 cm³/mol. The topological polar surface area (TPSA) is 46.5 Å². The van der Waals surface area contributed by atoms with Gasteiger partial charge in [-0.15, -0.1) is 0 Å². The molecule has 0 heterocycles. The van der Waals surface area contributed by atoms with Gasteiger partial charge in [0.2, 0.25) is 0 Å². The summed E-state index contributed by atoms with van der Waals surface area (Å²) < 4.78 is 5.49. The fourth-order valence-corrected chi connectivity index (χ4v) is 11.7. The monoisotopic (exact) mass is 470 g/mol. The minimum atomic E-state index is -0.302. The number of fused-ring (bicyclic) bond motifs is 7. The molecule has 5 saturated carbocycles. The van der Waals surface area contributed by atoms with Crippen LogP contribution in [0.3, 0.4) is 0 Å². The number of aliphatic hydroxyl groups excluding tert-OH is 1. The van der Waals surface area contributed by atoms with Crippen molar-refractivity contribution >= 4 is 5.97 Å². The highest BCUT2D eigenvalue weighted by Gasteiger charge is 2.72. The minimum absolute atomic E-state index is 0.00478. The van der Waals surface area contributed by atoms with Gasteiger partial charge in [-0.25, -0.2) is 0 Å². The van der Waals surface area contributed by atoms with Gasteiger partial charge in [0.1, 0.15) is 0 Å². The fourth-order valence-electron chi connectivity index (χ4n) is 11.7. The summed E-state index contributed by atoms with van der Waals surface area (Å²) in [7, 11) is 1.59. The van der Waals surface area contributed by atoms with Crippen LogP contribution < -0.4 is 0 Å². The summed E-state index contributed by atoms with van der Waals surface area (Å²) in [4.78, 5) is 13.3. The molecule has 0 spiro atoms. The van der Waals surface area contributed by atoms with E-state index in [2.05, 4.69) is 48.1 Å². The lowest BCUT2D eigenvalue weighted by molar-refractivity contribution is -0.248. The van der Waals surface area contributed by atoms with E-state index in [1.54, 1.807) is 7.11 Å². The smallest absolute Gasteiger partial charge is 0.312 e. The molecule has 5 rings (SSSR count). The summed E-state index contributed by atoms with van der Waals surface area (Å²) >= 11 is 0. The van der Waals surface area contributed by atoms with Crippen molar-refractivity contribution in [3.05, 3.63) is 12.2 Å². The van der Waals surface area contributed by atoms with E-state index >= 15 is 0 Å². The number of esters is 1. The molecule has 3 heteroatoms. The van der Waals surface area contributed by atoms with E-state index in [1.807, 2.05) is 0 Å². The minimum Gasteiger partial charge on any atom is -0.469 e. The molecule has 5 aliphatic rings. The number of carbonyl (C=O) groups is 1. The Morgan fingerprint density at radius 1 is 0.853 bits per heavy atom. The molecule has 192 valence electrons. The zero-order valence-corrected chi connectivity index (χ0v) is 23.0. The number of hydrogen-bond acceptors (Lipinski definition) is 3. The molecule has 0 unspecified atom stereocenters. The van der Waals surface area contributed by atoms with Gasteiger partial charge >= 0.3 is 5.97 Å². The van der Waals surface area contributed by atoms with Crippen molar-refractivity contribution in [2.45, 2.75) is 112 Å². The summed E-state index contributed by atoms with van der Waals surface area (Å²) in [5.41, 5.74) is 1.78. The first-order chi connectivity index (χ1) is 15.8. The van der Waals surface area contributed by atoms with E-state index in [9.17, 15) is 9.90 Å². The average Bonchev–Trinajstić information content (AvgIpc) is 3.18. The Hall–Kier alpha value is -0.830. The number of aliphatic hydroxyl groups is 1. The van der Waals surface area contributed by atoms with Gasteiger partial charge < -0.3 is 9.84 Å². The van der Waals surface area contributed by atoms with Crippen LogP contribution in [0.4, 0.5) is 0 Å². The summed E-state index contributed by atoms with van der Waals surface area (Å²) in [6.45, 7) is 19.1. The van der Waals surface area contributed by atoms with Gasteiger partial charge in [-0.3, -0.25) is 4.79 Å². The Morgan fingerprint density at radius 3 is 2.21 bits per heavy atom. The number of methoxy groups -OCH3 is 1. The molecule has 0 amide bonds. The van der Waals surface area contributed by atoms with Gasteiger partial charge in [0.25, 0.3) is 0 Å². The van der Waals surface area contributed by atoms with Gasteiger partial charge in [-0.05, 0) is 122 Å². The lowest BCUT2D eigenvalue weighted by Crippen LogP contribution is -2.67. The van der Waals surface area contributed by atoms with Crippen LogP contribution in [0, 0.1) is 56.7 Å². The van der Waals surface area contributed by atoms with Crippen molar-refractivity contribution in [1.82, 2.24) is 0 Å². The van der Waals surface area contributed by atoms with Gasteiger partial charge in [-0.2, -0.15) is 0 Å². The van der Waals surface area contributed by atoms with Crippen LogP contribution >= 0.6 is 0 Å². The summed E-state index contributed by atoms with van der Waals surface area (Å²) in [6, 6.07) is 0. The van der Waals surface area contributed by atoms with E-state index in [-0.39, 0.29) is 33.7 Å². The first-order valence-electron chi connectivity index (χ1n) is 14.2. The molecule has 5 aliphatic carbocycles. The third-order valence-corrected chi connectivity index (χ3v) is 13.6. The summed E-state index contributed by atoms with van der Waals surface area (Å²) in [5, 5.41) is 10.9. The molecule has 3 nitrogen and oxygen atoms in total. The molecule has 0 aliphatic heterocycles. The maximum Gasteiger partial charge on any atom is 0.312 e. The second-order valence-corrected chi connectivity index (χ2v) is 14.7.